The Bertz CT molecular complexity index is 1990. The van der Waals surface area contributed by atoms with Gasteiger partial charge in [-0.3, -0.25) is 19.2 Å². The Morgan fingerprint density at radius 3 is 2.27 bits per heavy atom. The number of methoxy groups -OCH3 is 5. The van der Waals surface area contributed by atoms with Crippen LogP contribution in [0.1, 0.15) is 53.6 Å². The van der Waals surface area contributed by atoms with E-state index in [1.807, 2.05) is 18.2 Å². The van der Waals surface area contributed by atoms with Crippen LogP contribution in [-0.2, 0) is 20.8 Å². The van der Waals surface area contributed by atoms with Gasteiger partial charge in [0.2, 0.25) is 28.9 Å². The van der Waals surface area contributed by atoms with Crippen molar-refractivity contribution in [1.29, 1.82) is 0 Å². The van der Waals surface area contributed by atoms with Crippen LogP contribution in [0.3, 0.4) is 0 Å². The number of fused-ring (bicyclic) bond motifs is 2. The average molecular weight is 735 g/mol. The number of aliphatic hydroxyl groups is 1. The van der Waals surface area contributed by atoms with Crippen LogP contribution in [0, 0.1) is 5.92 Å². The minimum Gasteiger partial charge on any atom is -0.507 e. The molecule has 3 aromatic rings. The molecule has 0 bridgehead atoms. The van der Waals surface area contributed by atoms with E-state index in [1.165, 1.54) is 41.6 Å². The third-order valence-electron chi connectivity index (χ3n) is 9.97. The van der Waals surface area contributed by atoms with Crippen molar-refractivity contribution >= 4 is 40.7 Å². The molecule has 1 aliphatic carbocycles. The summed E-state index contributed by atoms with van der Waals surface area (Å²) in [5.74, 6) is -4.04. The zero-order valence-electron chi connectivity index (χ0n) is 29.5. The van der Waals surface area contributed by atoms with E-state index in [4.69, 9.17) is 40.0 Å². The second-order valence-electron chi connectivity index (χ2n) is 12.8. The molecule has 0 saturated heterocycles. The van der Waals surface area contributed by atoms with Crippen molar-refractivity contribution in [3.8, 4) is 34.5 Å². The number of rotatable bonds is 10. The fraction of sp³-hybridized carbons (Fsp3) is 0.368. The molecule has 2 unspecified atom stereocenters. The SMILES string of the molecule is COc1cc(OC)c2c(c1Cl)O[C@]1(C2=O)C(O)=C(C(CC(=O)NC2CCc3ccccc3NC2=O)c2cc(OC)c(OC)c(OC)c2)C(=O)C[C@H]1C. The number of ketones is 2. The van der Waals surface area contributed by atoms with Crippen molar-refractivity contribution in [2.45, 2.75) is 50.2 Å². The van der Waals surface area contributed by atoms with Gasteiger partial charge in [0.25, 0.3) is 0 Å². The largest absolute Gasteiger partial charge is 0.507 e. The van der Waals surface area contributed by atoms with Gasteiger partial charge >= 0.3 is 0 Å². The first-order valence-corrected chi connectivity index (χ1v) is 16.9. The summed E-state index contributed by atoms with van der Waals surface area (Å²) in [6.45, 7) is 1.61. The van der Waals surface area contributed by atoms with Crippen LogP contribution >= 0.6 is 11.6 Å². The maximum atomic E-state index is 14.5. The van der Waals surface area contributed by atoms with Gasteiger partial charge in [0.05, 0.1) is 35.5 Å². The standard InChI is InChI=1S/C38H39ClN2O11/c1-18-13-24(42)30(35(44)38(18)36(45)31-25(47-2)17-26(48-3)32(39)34(31)52-38)21(20-14-27(49-4)33(51-6)28(15-20)50-5)16-29(43)40-23-12-11-19-9-7-8-10-22(19)41-37(23)46/h7-10,14-15,17-18,21,23,44H,11-13,16H2,1-6H3,(H,40,43)(H,41,46)/t18-,21?,23?,38+/m1/s1. The number of nitrogens with one attached hydrogen (secondary N) is 2. The molecule has 4 atom stereocenters. The maximum Gasteiger partial charge on any atom is 0.246 e. The molecule has 0 fully saturated rings. The van der Waals surface area contributed by atoms with Crippen LogP contribution in [0.2, 0.25) is 5.02 Å². The van der Waals surface area contributed by atoms with E-state index in [-0.39, 0.29) is 57.1 Å². The number of ether oxygens (including phenoxy) is 6. The minimum absolute atomic E-state index is 0.0219. The number of aryl methyl sites for hydroxylation is 1. The fourth-order valence-electron chi connectivity index (χ4n) is 7.31. The number of Topliss-reactive ketones (excluding diaryl/α,β-unsaturated/α-hetero) is 2. The molecular weight excluding hydrogens is 696 g/mol. The van der Waals surface area contributed by atoms with E-state index in [0.29, 0.717) is 24.1 Å². The number of amides is 2. The maximum absolute atomic E-state index is 14.5. The average Bonchev–Trinajstić information content (AvgIpc) is 3.36. The Kier molecular flexibility index (Phi) is 10.00. The third kappa shape index (κ3) is 5.92. The van der Waals surface area contributed by atoms with Crippen LogP contribution in [0.25, 0.3) is 0 Å². The van der Waals surface area contributed by atoms with Crippen molar-refractivity contribution in [1.82, 2.24) is 5.32 Å². The number of hydrogen-bond donors (Lipinski definition) is 3. The molecule has 2 amide bonds. The number of carbonyl (C=O) groups excluding carboxylic acids is 4. The molecule has 1 spiro atoms. The molecule has 14 heteroatoms. The molecule has 3 aliphatic rings. The summed E-state index contributed by atoms with van der Waals surface area (Å²) in [7, 11) is 7.01. The molecule has 13 nitrogen and oxygen atoms in total. The van der Waals surface area contributed by atoms with Gasteiger partial charge < -0.3 is 44.2 Å². The van der Waals surface area contributed by atoms with E-state index in [2.05, 4.69) is 10.6 Å². The molecule has 0 radical (unpaired) electrons. The highest BCUT2D eigenvalue weighted by Gasteiger charge is 2.61. The van der Waals surface area contributed by atoms with Crippen molar-refractivity contribution < 1.29 is 52.7 Å². The van der Waals surface area contributed by atoms with Gasteiger partial charge in [0.15, 0.2) is 28.8 Å². The van der Waals surface area contributed by atoms with Crippen molar-refractivity contribution in [3.05, 3.63) is 75.5 Å². The van der Waals surface area contributed by atoms with Gasteiger partial charge in [-0.1, -0.05) is 36.7 Å². The lowest BCUT2D eigenvalue weighted by Crippen LogP contribution is -2.53. The predicted octanol–water partition coefficient (Wildman–Crippen LogP) is 5.36. The van der Waals surface area contributed by atoms with Gasteiger partial charge in [-0.2, -0.15) is 0 Å². The van der Waals surface area contributed by atoms with Crippen LogP contribution in [-0.4, -0.2) is 75.7 Å². The molecule has 52 heavy (non-hydrogen) atoms. The predicted molar refractivity (Wildman–Crippen MR) is 189 cm³/mol. The van der Waals surface area contributed by atoms with E-state index in [0.717, 1.165) is 5.56 Å². The Labute approximate surface area is 305 Å². The molecule has 3 N–H and O–H groups in total. The number of benzene rings is 3. The van der Waals surface area contributed by atoms with Gasteiger partial charge in [-0.05, 0) is 42.2 Å². The number of para-hydroxylation sites is 1. The van der Waals surface area contributed by atoms with Gasteiger partial charge in [0, 0.05) is 42.0 Å². The molecule has 0 saturated carbocycles. The second kappa shape index (κ2) is 14.3. The highest BCUT2D eigenvalue weighted by atomic mass is 35.5. The second-order valence-corrected chi connectivity index (χ2v) is 13.2. The zero-order chi connectivity index (χ0) is 37.5. The lowest BCUT2D eigenvalue weighted by atomic mass is 9.69. The van der Waals surface area contributed by atoms with E-state index >= 15 is 0 Å². The summed E-state index contributed by atoms with van der Waals surface area (Å²) >= 11 is 6.63. The molecular formula is C38H39ClN2O11. The van der Waals surface area contributed by atoms with Crippen LogP contribution in [0.15, 0.2) is 53.8 Å². The molecule has 3 aromatic carbocycles. The first kappa shape index (κ1) is 36.4. The van der Waals surface area contributed by atoms with Gasteiger partial charge in [-0.15, -0.1) is 0 Å². The molecule has 6 rings (SSSR count). The van der Waals surface area contributed by atoms with Crippen LogP contribution in [0.5, 0.6) is 34.5 Å². The smallest absolute Gasteiger partial charge is 0.246 e. The minimum atomic E-state index is -2.10. The summed E-state index contributed by atoms with van der Waals surface area (Å²) in [6.07, 6.45) is 0.188. The van der Waals surface area contributed by atoms with E-state index in [9.17, 15) is 24.3 Å². The van der Waals surface area contributed by atoms with Gasteiger partial charge in [-0.25, -0.2) is 0 Å². The molecule has 274 valence electrons. The fourth-order valence-corrected chi connectivity index (χ4v) is 7.58. The number of allylic oxidation sites excluding steroid dienone is 1. The van der Waals surface area contributed by atoms with E-state index in [1.54, 1.807) is 25.1 Å². The van der Waals surface area contributed by atoms with E-state index < -0.39 is 59.0 Å². The van der Waals surface area contributed by atoms with Gasteiger partial charge in [0.1, 0.15) is 28.1 Å². The topological polar surface area (TPSA) is 168 Å². The number of anilines is 1. The Balaban J connectivity index is 1.47. The summed E-state index contributed by atoms with van der Waals surface area (Å²) in [5.41, 5.74) is -0.439. The van der Waals surface area contributed by atoms with Crippen LogP contribution in [0.4, 0.5) is 5.69 Å². The molecule has 2 aliphatic heterocycles. The summed E-state index contributed by atoms with van der Waals surface area (Å²) in [4.78, 5) is 55.8. The third-order valence-corrected chi connectivity index (χ3v) is 10.3. The van der Waals surface area contributed by atoms with Crippen molar-refractivity contribution in [2.24, 2.45) is 5.92 Å². The first-order chi connectivity index (χ1) is 24.9. The van der Waals surface area contributed by atoms with Crippen LogP contribution < -0.4 is 39.1 Å². The Hall–Kier alpha value is -5.43. The summed E-state index contributed by atoms with van der Waals surface area (Å²) < 4.78 is 33.9. The number of aliphatic hydroxyl groups excluding tert-OH is 1. The number of hydrogen-bond acceptors (Lipinski definition) is 11. The monoisotopic (exact) mass is 734 g/mol. The van der Waals surface area contributed by atoms with Crippen molar-refractivity contribution in [3.63, 3.8) is 0 Å². The molecule has 2 heterocycles. The summed E-state index contributed by atoms with van der Waals surface area (Å²) in [5, 5.41) is 18.0. The lowest BCUT2D eigenvalue weighted by molar-refractivity contribution is -0.127. The number of halogens is 1. The van der Waals surface area contributed by atoms with Crippen molar-refractivity contribution in [2.75, 3.05) is 40.9 Å². The quantitative estimate of drug-likeness (QED) is 0.245. The molecule has 0 aromatic heterocycles. The lowest BCUT2D eigenvalue weighted by Gasteiger charge is -2.39. The summed E-state index contributed by atoms with van der Waals surface area (Å²) in [6, 6.07) is 11.0. The number of carbonyl (C=O) groups is 4. The Morgan fingerprint density at radius 1 is 0.981 bits per heavy atom. The highest BCUT2D eigenvalue weighted by Crippen LogP contribution is 2.56. The first-order valence-electron chi connectivity index (χ1n) is 16.6. The highest BCUT2D eigenvalue weighted by molar-refractivity contribution is 6.35. The Morgan fingerprint density at radius 2 is 1.63 bits per heavy atom. The normalized spacial score (nSPS) is 21.3. The zero-order valence-corrected chi connectivity index (χ0v) is 30.3.